The Morgan fingerprint density at radius 2 is 0.959 bits per heavy atom. The van der Waals surface area contributed by atoms with Gasteiger partial charge >= 0.3 is 0 Å². The molecule has 0 atom stereocenters. The summed E-state index contributed by atoms with van der Waals surface area (Å²) in [7, 11) is 0. The number of hydrogen-bond acceptors (Lipinski definition) is 6. The van der Waals surface area contributed by atoms with Gasteiger partial charge in [-0.3, -0.25) is 0 Å². The minimum Gasteiger partial charge on any atom is -0.456 e. The second kappa shape index (κ2) is 10.1. The Hall–Kier alpha value is -6.37. The molecule has 0 radical (unpaired) electrons. The van der Waals surface area contributed by atoms with E-state index in [4.69, 9.17) is 18.2 Å². The van der Waals surface area contributed by atoms with Gasteiger partial charge in [0, 0.05) is 62.1 Å². The van der Waals surface area contributed by atoms with E-state index >= 15 is 0 Å². The van der Waals surface area contributed by atoms with Gasteiger partial charge in [0.2, 0.25) is 0 Å². The number of fused-ring (bicyclic) bond motifs is 10. The summed E-state index contributed by atoms with van der Waals surface area (Å²) < 4.78 is 20.5. The number of para-hydroxylation sites is 3. The van der Waals surface area contributed by atoms with Crippen molar-refractivity contribution in [3.8, 4) is 10.6 Å². The Labute approximate surface area is 282 Å². The highest BCUT2D eigenvalue weighted by Crippen LogP contribution is 2.50. The van der Waals surface area contributed by atoms with E-state index < -0.39 is 0 Å². The summed E-state index contributed by atoms with van der Waals surface area (Å²) in [5.41, 5.74) is 9.87. The molecule has 7 aromatic carbocycles. The molecule has 0 bridgehead atoms. The largest absolute Gasteiger partial charge is 0.456 e. The first-order valence-corrected chi connectivity index (χ1v) is 17.0. The molecule has 6 heteroatoms. The van der Waals surface area contributed by atoms with Gasteiger partial charge in [-0.2, -0.15) is 0 Å². The molecule has 0 saturated carbocycles. The number of anilines is 3. The highest BCUT2D eigenvalue weighted by molar-refractivity contribution is 7.22. The van der Waals surface area contributed by atoms with Crippen molar-refractivity contribution >= 4 is 104 Å². The van der Waals surface area contributed by atoms with Crippen LogP contribution < -0.4 is 4.90 Å². The van der Waals surface area contributed by atoms with Crippen LogP contribution >= 0.6 is 11.3 Å². The minimum absolute atomic E-state index is 0.785. The van der Waals surface area contributed by atoms with Crippen molar-refractivity contribution < 1.29 is 13.3 Å². The second-order valence-corrected chi connectivity index (χ2v) is 13.3. The SMILES string of the molecule is c1ccc(-c2nc3cc4oc5ccccc5c4c(N(c4ccc5c(c4)oc4ccccc45)c4ccc5c(c4)oc4ccccc45)c3s2)cc1. The van der Waals surface area contributed by atoms with Crippen molar-refractivity contribution in [2.45, 2.75) is 0 Å². The van der Waals surface area contributed by atoms with Gasteiger partial charge in [0.05, 0.1) is 21.3 Å². The molecule has 11 aromatic rings. The molecule has 0 spiro atoms. The van der Waals surface area contributed by atoms with E-state index in [1.165, 1.54) is 0 Å². The molecule has 230 valence electrons. The monoisotopic (exact) mass is 648 g/mol. The van der Waals surface area contributed by atoms with Gasteiger partial charge in [-0.05, 0) is 42.5 Å². The summed E-state index contributed by atoms with van der Waals surface area (Å²) in [6.45, 7) is 0. The fraction of sp³-hybridized carbons (Fsp3) is 0. The van der Waals surface area contributed by atoms with Crippen LogP contribution in [-0.2, 0) is 0 Å². The molecule has 0 amide bonds. The maximum atomic E-state index is 6.56. The van der Waals surface area contributed by atoms with Crippen molar-refractivity contribution in [1.29, 1.82) is 0 Å². The number of aromatic nitrogens is 1. The Kier molecular flexibility index (Phi) is 5.48. The number of rotatable bonds is 4. The summed E-state index contributed by atoms with van der Waals surface area (Å²) in [6.07, 6.45) is 0. The Bertz CT molecular complexity index is 2960. The third-order valence-corrected chi connectivity index (χ3v) is 10.6. The number of nitrogens with zero attached hydrogens (tertiary/aromatic N) is 2. The van der Waals surface area contributed by atoms with Crippen molar-refractivity contribution in [2.75, 3.05) is 4.90 Å². The van der Waals surface area contributed by atoms with E-state index in [-0.39, 0.29) is 0 Å². The predicted octanol–water partition coefficient (Wildman–Crippen LogP) is 13.1. The minimum atomic E-state index is 0.785. The van der Waals surface area contributed by atoms with Crippen LogP contribution in [0.15, 0.2) is 159 Å². The summed E-state index contributed by atoms with van der Waals surface area (Å²) in [6, 6.07) is 50.1. The third-order valence-electron chi connectivity index (χ3n) is 9.48. The average molecular weight is 649 g/mol. The Morgan fingerprint density at radius 3 is 1.59 bits per heavy atom. The van der Waals surface area contributed by atoms with E-state index in [1.54, 1.807) is 11.3 Å². The van der Waals surface area contributed by atoms with Gasteiger partial charge < -0.3 is 18.2 Å². The smallest absolute Gasteiger partial charge is 0.139 e. The fourth-order valence-corrected chi connectivity index (χ4v) is 8.37. The van der Waals surface area contributed by atoms with Gasteiger partial charge in [0.1, 0.15) is 38.5 Å². The standard InChI is InChI=1S/C43H24N2O3S/c1-2-10-25(11-3-1)43-44-33-24-39-40(32-14-6-9-17-36(32)48-39)41(42(33)49-43)45(26-18-20-30-28-12-4-7-15-34(28)46-37(30)22-26)27-19-21-31-29-13-5-8-16-35(29)47-38(31)23-27/h1-24H. The maximum absolute atomic E-state index is 6.56. The van der Waals surface area contributed by atoms with Crippen LogP contribution in [0.25, 0.3) is 86.6 Å². The molecule has 49 heavy (non-hydrogen) atoms. The van der Waals surface area contributed by atoms with E-state index in [0.717, 1.165) is 104 Å². The Morgan fingerprint density at radius 1 is 0.449 bits per heavy atom. The normalized spacial score (nSPS) is 12.1. The maximum Gasteiger partial charge on any atom is 0.139 e. The third kappa shape index (κ3) is 3.95. The number of furan rings is 3. The van der Waals surface area contributed by atoms with Crippen molar-refractivity contribution in [1.82, 2.24) is 4.98 Å². The molecule has 4 heterocycles. The van der Waals surface area contributed by atoms with Crippen molar-refractivity contribution in [3.63, 3.8) is 0 Å². The highest BCUT2D eigenvalue weighted by Gasteiger charge is 2.26. The molecular formula is C43H24N2O3S. The van der Waals surface area contributed by atoms with Gasteiger partial charge in [0.25, 0.3) is 0 Å². The summed E-state index contributed by atoms with van der Waals surface area (Å²) in [4.78, 5) is 7.50. The molecule has 0 fully saturated rings. The predicted molar refractivity (Wildman–Crippen MR) is 202 cm³/mol. The van der Waals surface area contributed by atoms with Gasteiger partial charge in [0.15, 0.2) is 0 Å². The second-order valence-electron chi connectivity index (χ2n) is 12.3. The zero-order chi connectivity index (χ0) is 32.1. The number of hydrogen-bond donors (Lipinski definition) is 0. The van der Waals surface area contributed by atoms with Crippen LogP contribution in [0.2, 0.25) is 0 Å². The number of thiazole rings is 1. The summed E-state index contributed by atoms with van der Waals surface area (Å²) in [5, 5.41) is 7.37. The molecule has 0 aliphatic heterocycles. The molecule has 5 nitrogen and oxygen atoms in total. The number of benzene rings is 7. The van der Waals surface area contributed by atoms with Gasteiger partial charge in [-0.15, -0.1) is 11.3 Å². The van der Waals surface area contributed by atoms with Crippen LogP contribution in [-0.4, -0.2) is 4.98 Å². The molecule has 4 aromatic heterocycles. The van der Waals surface area contributed by atoms with E-state index in [2.05, 4.69) is 108 Å². The molecular weight excluding hydrogens is 625 g/mol. The average Bonchev–Trinajstić information content (AvgIpc) is 3.92. The van der Waals surface area contributed by atoms with Crippen LogP contribution in [0.4, 0.5) is 17.1 Å². The lowest BCUT2D eigenvalue weighted by molar-refractivity contribution is 0.669. The quantitative estimate of drug-likeness (QED) is 0.190. The van der Waals surface area contributed by atoms with E-state index in [9.17, 15) is 0 Å². The zero-order valence-electron chi connectivity index (χ0n) is 25.9. The summed E-state index contributed by atoms with van der Waals surface area (Å²) in [5.74, 6) is 0. The molecule has 0 N–H and O–H groups in total. The van der Waals surface area contributed by atoms with Crippen LogP contribution in [0, 0.1) is 0 Å². The van der Waals surface area contributed by atoms with Gasteiger partial charge in [-0.25, -0.2) is 4.98 Å². The first kappa shape index (κ1) is 26.7. The van der Waals surface area contributed by atoms with Gasteiger partial charge in [-0.1, -0.05) is 84.9 Å². The summed E-state index contributed by atoms with van der Waals surface area (Å²) >= 11 is 1.70. The lowest BCUT2D eigenvalue weighted by Crippen LogP contribution is -2.10. The lowest BCUT2D eigenvalue weighted by Gasteiger charge is -2.26. The molecule has 0 aliphatic rings. The highest BCUT2D eigenvalue weighted by atomic mass is 32.1. The first-order valence-electron chi connectivity index (χ1n) is 16.2. The molecule has 0 saturated heterocycles. The van der Waals surface area contributed by atoms with Crippen molar-refractivity contribution in [2.24, 2.45) is 0 Å². The van der Waals surface area contributed by atoms with E-state index in [0.29, 0.717) is 0 Å². The molecule has 0 aliphatic carbocycles. The Balaban J connectivity index is 1.27. The van der Waals surface area contributed by atoms with Crippen LogP contribution in [0.1, 0.15) is 0 Å². The van der Waals surface area contributed by atoms with E-state index in [1.807, 2.05) is 42.5 Å². The van der Waals surface area contributed by atoms with Crippen LogP contribution in [0.5, 0.6) is 0 Å². The zero-order valence-corrected chi connectivity index (χ0v) is 26.7. The topological polar surface area (TPSA) is 55.6 Å². The van der Waals surface area contributed by atoms with Crippen LogP contribution in [0.3, 0.4) is 0 Å². The van der Waals surface area contributed by atoms with Crippen molar-refractivity contribution in [3.05, 3.63) is 146 Å². The lowest BCUT2D eigenvalue weighted by atomic mass is 10.1. The fourth-order valence-electron chi connectivity index (χ4n) is 7.28. The molecule has 11 rings (SSSR count). The molecule has 0 unspecified atom stereocenters. The first-order chi connectivity index (χ1) is 24.3.